The molecule has 0 aliphatic carbocycles. The summed E-state index contributed by atoms with van der Waals surface area (Å²) in [6.07, 6.45) is 7.21. The SMILES string of the molecule is CNCc1cnc(CC2CCCCN2C)s1. The van der Waals surface area contributed by atoms with Crippen LogP contribution in [0.1, 0.15) is 29.1 Å². The largest absolute Gasteiger partial charge is 0.315 e. The molecule has 1 N–H and O–H groups in total. The average molecular weight is 239 g/mol. The maximum absolute atomic E-state index is 4.52. The number of thiazole rings is 1. The lowest BCUT2D eigenvalue weighted by molar-refractivity contribution is 0.184. The molecule has 3 nitrogen and oxygen atoms in total. The predicted molar refractivity (Wildman–Crippen MR) is 68.9 cm³/mol. The van der Waals surface area contributed by atoms with E-state index in [1.165, 1.54) is 35.7 Å². The number of aromatic nitrogens is 1. The Kier molecular flexibility index (Phi) is 4.32. The Hall–Kier alpha value is -0.450. The zero-order chi connectivity index (χ0) is 11.4. The van der Waals surface area contributed by atoms with E-state index < -0.39 is 0 Å². The maximum atomic E-state index is 4.52. The third-order valence-corrected chi connectivity index (χ3v) is 4.30. The molecule has 2 rings (SSSR count). The first kappa shape index (κ1) is 12.0. The van der Waals surface area contributed by atoms with E-state index in [0.717, 1.165) is 13.0 Å². The van der Waals surface area contributed by atoms with Crippen LogP contribution in [0, 0.1) is 0 Å². The van der Waals surface area contributed by atoms with Crippen LogP contribution in [-0.2, 0) is 13.0 Å². The van der Waals surface area contributed by atoms with Crippen LogP contribution >= 0.6 is 11.3 Å². The molecular weight excluding hydrogens is 218 g/mol. The summed E-state index contributed by atoms with van der Waals surface area (Å²) in [4.78, 5) is 8.35. The van der Waals surface area contributed by atoms with Crippen molar-refractivity contribution in [1.29, 1.82) is 0 Å². The monoisotopic (exact) mass is 239 g/mol. The molecule has 1 unspecified atom stereocenters. The van der Waals surface area contributed by atoms with Crippen molar-refractivity contribution in [3.05, 3.63) is 16.1 Å². The van der Waals surface area contributed by atoms with Gasteiger partial charge in [-0.2, -0.15) is 0 Å². The van der Waals surface area contributed by atoms with Gasteiger partial charge >= 0.3 is 0 Å². The Balaban J connectivity index is 1.91. The molecule has 1 aromatic heterocycles. The minimum Gasteiger partial charge on any atom is -0.315 e. The van der Waals surface area contributed by atoms with Crippen LogP contribution in [0.5, 0.6) is 0 Å². The summed E-state index contributed by atoms with van der Waals surface area (Å²) < 4.78 is 0. The van der Waals surface area contributed by atoms with Crippen LogP contribution < -0.4 is 5.32 Å². The predicted octanol–water partition coefficient (Wildman–Crippen LogP) is 1.89. The second-order valence-electron chi connectivity index (χ2n) is 4.58. The number of piperidine rings is 1. The number of likely N-dealkylation sites (tertiary alicyclic amines) is 1. The second-order valence-corrected chi connectivity index (χ2v) is 5.78. The van der Waals surface area contributed by atoms with E-state index >= 15 is 0 Å². The van der Waals surface area contributed by atoms with Crippen LogP contribution in [0.4, 0.5) is 0 Å². The average Bonchev–Trinajstić information content (AvgIpc) is 2.70. The Bertz CT molecular complexity index is 324. The van der Waals surface area contributed by atoms with Crippen molar-refractivity contribution in [2.45, 2.75) is 38.3 Å². The number of hydrogen-bond donors (Lipinski definition) is 1. The summed E-state index contributed by atoms with van der Waals surface area (Å²) in [6, 6.07) is 0.710. The summed E-state index contributed by atoms with van der Waals surface area (Å²) in [6.45, 7) is 2.19. The molecule has 90 valence electrons. The molecular formula is C12H21N3S. The van der Waals surface area contributed by atoms with Crippen molar-refractivity contribution in [3.8, 4) is 0 Å². The van der Waals surface area contributed by atoms with Crippen molar-refractivity contribution in [3.63, 3.8) is 0 Å². The highest BCUT2D eigenvalue weighted by Gasteiger charge is 2.20. The molecule has 4 heteroatoms. The van der Waals surface area contributed by atoms with Gasteiger partial charge in [-0.05, 0) is 33.5 Å². The van der Waals surface area contributed by atoms with Gasteiger partial charge in [-0.15, -0.1) is 11.3 Å². The summed E-state index contributed by atoms with van der Waals surface area (Å²) >= 11 is 1.85. The molecule has 0 amide bonds. The van der Waals surface area contributed by atoms with Gasteiger partial charge in [0.05, 0.1) is 5.01 Å². The van der Waals surface area contributed by atoms with Crippen LogP contribution in [0.3, 0.4) is 0 Å². The number of hydrogen-bond acceptors (Lipinski definition) is 4. The van der Waals surface area contributed by atoms with Crippen molar-refractivity contribution < 1.29 is 0 Å². The third-order valence-electron chi connectivity index (χ3n) is 3.28. The van der Waals surface area contributed by atoms with Crippen molar-refractivity contribution in [2.75, 3.05) is 20.6 Å². The molecule has 0 aromatic carbocycles. The molecule has 1 aliphatic rings. The summed E-state index contributed by atoms with van der Waals surface area (Å²) in [5, 5.41) is 4.47. The number of nitrogens with one attached hydrogen (secondary N) is 1. The topological polar surface area (TPSA) is 28.2 Å². The van der Waals surface area contributed by atoms with Gasteiger partial charge in [0.25, 0.3) is 0 Å². The Morgan fingerprint density at radius 1 is 1.56 bits per heavy atom. The highest BCUT2D eigenvalue weighted by molar-refractivity contribution is 7.11. The highest BCUT2D eigenvalue weighted by atomic mass is 32.1. The lowest BCUT2D eigenvalue weighted by Gasteiger charge is -2.31. The van der Waals surface area contributed by atoms with Crippen molar-refractivity contribution in [1.82, 2.24) is 15.2 Å². The molecule has 2 heterocycles. The molecule has 1 fully saturated rings. The molecule has 1 aromatic rings. The van der Waals surface area contributed by atoms with E-state index in [9.17, 15) is 0 Å². The normalized spacial score (nSPS) is 22.5. The minimum absolute atomic E-state index is 0.710. The van der Waals surface area contributed by atoms with Gasteiger partial charge < -0.3 is 10.2 Å². The van der Waals surface area contributed by atoms with Crippen molar-refractivity contribution >= 4 is 11.3 Å². The fourth-order valence-corrected chi connectivity index (χ4v) is 3.31. The van der Waals surface area contributed by atoms with Gasteiger partial charge in [-0.1, -0.05) is 6.42 Å². The first-order valence-corrected chi connectivity index (χ1v) is 6.89. The molecule has 1 saturated heterocycles. The highest BCUT2D eigenvalue weighted by Crippen LogP contribution is 2.21. The van der Waals surface area contributed by atoms with Crippen molar-refractivity contribution in [2.24, 2.45) is 0 Å². The molecule has 16 heavy (non-hydrogen) atoms. The zero-order valence-electron chi connectivity index (χ0n) is 10.2. The van der Waals surface area contributed by atoms with Gasteiger partial charge in [0.1, 0.15) is 0 Å². The van der Waals surface area contributed by atoms with Gasteiger partial charge in [0.2, 0.25) is 0 Å². The standard InChI is InChI=1S/C12H21N3S/c1-13-8-11-9-14-12(16-11)7-10-5-3-4-6-15(10)2/h9-10,13H,3-8H2,1-2H3. The van der Waals surface area contributed by atoms with Gasteiger partial charge in [0.15, 0.2) is 0 Å². The van der Waals surface area contributed by atoms with Crippen LogP contribution in [-0.4, -0.2) is 36.6 Å². The quantitative estimate of drug-likeness (QED) is 0.869. The number of rotatable bonds is 4. The fourth-order valence-electron chi connectivity index (χ4n) is 2.30. The fraction of sp³-hybridized carbons (Fsp3) is 0.750. The molecule has 0 radical (unpaired) electrons. The van der Waals surface area contributed by atoms with Crippen LogP contribution in [0.25, 0.3) is 0 Å². The Morgan fingerprint density at radius 2 is 2.44 bits per heavy atom. The zero-order valence-corrected chi connectivity index (χ0v) is 11.0. The Morgan fingerprint density at radius 3 is 3.19 bits per heavy atom. The Labute approximate surface area is 102 Å². The molecule has 0 spiro atoms. The van der Waals surface area contributed by atoms with E-state index in [2.05, 4.69) is 22.2 Å². The maximum Gasteiger partial charge on any atom is 0.0943 e. The number of nitrogens with zero attached hydrogens (tertiary/aromatic N) is 2. The van der Waals surface area contributed by atoms with E-state index in [4.69, 9.17) is 0 Å². The first-order chi connectivity index (χ1) is 7.79. The van der Waals surface area contributed by atoms with E-state index in [0.29, 0.717) is 6.04 Å². The summed E-state index contributed by atoms with van der Waals surface area (Å²) in [5.41, 5.74) is 0. The lowest BCUT2D eigenvalue weighted by Crippen LogP contribution is -2.37. The van der Waals surface area contributed by atoms with E-state index in [-0.39, 0.29) is 0 Å². The third kappa shape index (κ3) is 3.03. The molecule has 0 saturated carbocycles. The van der Waals surface area contributed by atoms with Crippen LogP contribution in [0.15, 0.2) is 6.20 Å². The summed E-state index contributed by atoms with van der Waals surface area (Å²) in [5.74, 6) is 0. The summed E-state index contributed by atoms with van der Waals surface area (Å²) in [7, 11) is 4.22. The second kappa shape index (κ2) is 5.75. The van der Waals surface area contributed by atoms with E-state index in [1.54, 1.807) is 0 Å². The van der Waals surface area contributed by atoms with Gasteiger partial charge in [-0.25, -0.2) is 4.98 Å². The number of likely N-dealkylation sites (N-methyl/N-ethyl adjacent to an activating group) is 1. The minimum atomic E-state index is 0.710. The van der Waals surface area contributed by atoms with E-state index in [1.807, 2.05) is 24.6 Å². The molecule has 1 aliphatic heterocycles. The molecule has 1 atom stereocenters. The smallest absolute Gasteiger partial charge is 0.0943 e. The van der Waals surface area contributed by atoms with Crippen LogP contribution in [0.2, 0.25) is 0 Å². The first-order valence-electron chi connectivity index (χ1n) is 6.08. The molecule has 0 bridgehead atoms. The lowest BCUT2D eigenvalue weighted by atomic mass is 10.0. The van der Waals surface area contributed by atoms with Gasteiger partial charge in [-0.3, -0.25) is 0 Å². The van der Waals surface area contributed by atoms with Gasteiger partial charge in [0, 0.05) is 30.1 Å².